The van der Waals surface area contributed by atoms with E-state index < -0.39 is 0 Å². The second-order valence-electron chi connectivity index (χ2n) is 5.75. The molecule has 0 bridgehead atoms. The Kier molecular flexibility index (Phi) is 6.17. The summed E-state index contributed by atoms with van der Waals surface area (Å²) in [4.78, 5) is 0. The van der Waals surface area contributed by atoms with E-state index in [4.69, 9.17) is 17.0 Å². The van der Waals surface area contributed by atoms with Gasteiger partial charge in [0.1, 0.15) is 12.4 Å². The molecule has 0 spiro atoms. The monoisotopic (exact) mass is 364 g/mol. The van der Waals surface area contributed by atoms with Crippen molar-refractivity contribution in [3.63, 3.8) is 0 Å². The highest BCUT2D eigenvalue weighted by atomic mass is 32.1. The molecule has 0 aliphatic rings. The number of hydrogen-bond acceptors (Lipinski definition) is 2. The number of thiocarbonyl (C=S) groups is 1. The predicted molar refractivity (Wildman–Crippen MR) is 110 cm³/mol. The summed E-state index contributed by atoms with van der Waals surface area (Å²) in [6.45, 7) is 3.29. The predicted octanol–water partition coefficient (Wildman–Crippen LogP) is 2.32. The Morgan fingerprint density at radius 3 is 2.62 bits per heavy atom. The van der Waals surface area contributed by atoms with Gasteiger partial charge in [-0.2, -0.15) is 0 Å². The first-order chi connectivity index (χ1) is 12.8. The summed E-state index contributed by atoms with van der Waals surface area (Å²) in [5.41, 5.74) is 5.07. The number of hydrazone groups is 1. The van der Waals surface area contributed by atoms with Crippen LogP contribution >= 0.6 is 12.2 Å². The maximum Gasteiger partial charge on any atom is 0.223 e. The van der Waals surface area contributed by atoms with E-state index in [9.17, 15) is 0 Å². The van der Waals surface area contributed by atoms with E-state index in [1.807, 2.05) is 49.5 Å². The quantitative estimate of drug-likeness (QED) is 0.357. The van der Waals surface area contributed by atoms with Crippen LogP contribution < -0.4 is 20.6 Å². The Balaban J connectivity index is 1.86. The van der Waals surface area contributed by atoms with Gasteiger partial charge in [0, 0.05) is 6.54 Å². The Bertz CT molecular complexity index is 910. The lowest BCUT2D eigenvalue weighted by Gasteiger charge is -2.10. The van der Waals surface area contributed by atoms with Crippen LogP contribution in [0.3, 0.4) is 0 Å². The fraction of sp³-hybridized carbons (Fsp3) is 0.143. The van der Waals surface area contributed by atoms with Crippen LogP contribution in [0.1, 0.15) is 18.1 Å². The zero-order valence-electron chi connectivity index (χ0n) is 14.7. The Morgan fingerprint density at radius 2 is 1.81 bits per heavy atom. The number of benzene rings is 3. The highest BCUT2D eigenvalue weighted by Crippen LogP contribution is 2.26. The molecule has 3 aromatic rings. The van der Waals surface area contributed by atoms with E-state index in [-0.39, 0.29) is 0 Å². The lowest BCUT2D eigenvalue weighted by Crippen LogP contribution is -2.82. The van der Waals surface area contributed by atoms with Crippen LogP contribution in [0.5, 0.6) is 5.75 Å². The van der Waals surface area contributed by atoms with Crippen molar-refractivity contribution in [1.29, 1.82) is 0 Å². The molecule has 0 aliphatic carbocycles. The van der Waals surface area contributed by atoms with Gasteiger partial charge in [0.25, 0.3) is 0 Å². The van der Waals surface area contributed by atoms with E-state index in [2.05, 4.69) is 46.2 Å². The minimum atomic E-state index is 0.517. The third-order valence-electron chi connectivity index (χ3n) is 3.91. The third kappa shape index (κ3) is 4.58. The van der Waals surface area contributed by atoms with Crippen molar-refractivity contribution in [2.75, 3.05) is 6.54 Å². The van der Waals surface area contributed by atoms with Gasteiger partial charge in [0.15, 0.2) is 0 Å². The van der Waals surface area contributed by atoms with E-state index in [0.29, 0.717) is 11.7 Å². The van der Waals surface area contributed by atoms with Gasteiger partial charge in [0.05, 0.1) is 5.56 Å². The summed E-state index contributed by atoms with van der Waals surface area (Å²) in [6.07, 6.45) is 1.88. The first-order valence-electron chi connectivity index (χ1n) is 8.59. The van der Waals surface area contributed by atoms with Crippen LogP contribution in [0.15, 0.2) is 66.7 Å². The topological polar surface area (TPSA) is 47.3 Å². The van der Waals surface area contributed by atoms with Crippen molar-refractivity contribution in [2.24, 2.45) is 0 Å². The number of hydrogen-bond donors (Lipinski definition) is 3. The molecule has 0 amide bonds. The normalized spacial score (nSPS) is 10.8. The molecular weight excluding hydrogens is 342 g/mol. The van der Waals surface area contributed by atoms with Crippen molar-refractivity contribution in [2.45, 2.75) is 13.5 Å². The molecule has 4 nitrogen and oxygen atoms in total. The molecule has 3 N–H and O–H groups in total. The van der Waals surface area contributed by atoms with E-state index in [1.54, 1.807) is 0 Å². The summed E-state index contributed by atoms with van der Waals surface area (Å²) in [5.74, 6) is 0.816. The number of hydrazine groups is 1. The van der Waals surface area contributed by atoms with Gasteiger partial charge in [0.2, 0.25) is 11.3 Å². The summed E-state index contributed by atoms with van der Waals surface area (Å²) >= 11 is 5.18. The van der Waals surface area contributed by atoms with E-state index in [0.717, 1.165) is 34.2 Å². The molecule has 132 valence electrons. The number of rotatable bonds is 6. The minimum Gasteiger partial charge on any atom is -0.488 e. The zero-order chi connectivity index (χ0) is 18.2. The van der Waals surface area contributed by atoms with Gasteiger partial charge in [-0.05, 0) is 41.5 Å². The maximum absolute atomic E-state index is 6.09. The molecule has 0 saturated heterocycles. The first kappa shape index (κ1) is 17.9. The molecule has 3 aromatic carbocycles. The molecule has 0 atom stereocenters. The van der Waals surface area contributed by atoms with Crippen LogP contribution in [0.2, 0.25) is 0 Å². The molecule has 0 fully saturated rings. The molecule has 0 aromatic heterocycles. The molecular formula is C21H22N3OS+. The van der Waals surface area contributed by atoms with Crippen LogP contribution in [-0.2, 0) is 6.61 Å². The largest absolute Gasteiger partial charge is 0.488 e. The van der Waals surface area contributed by atoms with Crippen molar-refractivity contribution >= 4 is 34.3 Å². The zero-order valence-corrected chi connectivity index (χ0v) is 15.5. The van der Waals surface area contributed by atoms with Crippen LogP contribution in [0.25, 0.3) is 10.8 Å². The molecule has 26 heavy (non-hydrogen) atoms. The molecule has 3 rings (SSSR count). The Morgan fingerprint density at radius 1 is 1.04 bits per heavy atom. The van der Waals surface area contributed by atoms with Gasteiger partial charge in [-0.15, -0.1) is 10.5 Å². The molecule has 0 heterocycles. The van der Waals surface area contributed by atoms with Gasteiger partial charge >= 0.3 is 0 Å². The Labute approximate surface area is 158 Å². The maximum atomic E-state index is 6.09. The van der Waals surface area contributed by atoms with Gasteiger partial charge in [-0.3, -0.25) is 0 Å². The average Bonchev–Trinajstić information content (AvgIpc) is 2.68. The van der Waals surface area contributed by atoms with E-state index >= 15 is 0 Å². The van der Waals surface area contributed by atoms with Crippen molar-refractivity contribution < 1.29 is 9.84 Å². The van der Waals surface area contributed by atoms with Crippen LogP contribution in [-0.4, -0.2) is 17.9 Å². The second kappa shape index (κ2) is 8.97. The highest BCUT2D eigenvalue weighted by molar-refractivity contribution is 7.80. The van der Waals surface area contributed by atoms with Crippen LogP contribution in [0, 0.1) is 0 Å². The third-order valence-corrected chi connectivity index (χ3v) is 4.15. The lowest BCUT2D eigenvalue weighted by atomic mass is 10.0. The second-order valence-corrected chi connectivity index (χ2v) is 6.15. The minimum absolute atomic E-state index is 0.517. The number of fused-ring (bicyclic) bond motifs is 1. The smallest absolute Gasteiger partial charge is 0.223 e. The fourth-order valence-corrected chi connectivity index (χ4v) is 2.87. The molecule has 0 saturated carbocycles. The number of nitrogens with one attached hydrogen (secondary N) is 3. The van der Waals surface area contributed by atoms with Crippen molar-refractivity contribution in [3.05, 3.63) is 77.9 Å². The van der Waals surface area contributed by atoms with E-state index in [1.165, 1.54) is 0 Å². The summed E-state index contributed by atoms with van der Waals surface area (Å²) in [7, 11) is 0. The van der Waals surface area contributed by atoms with Gasteiger partial charge < -0.3 is 10.1 Å². The molecule has 5 heteroatoms. The lowest BCUT2D eigenvalue weighted by molar-refractivity contribution is -0.500. The summed E-state index contributed by atoms with van der Waals surface area (Å²) in [5, 5.41) is 8.91. The standard InChI is InChI=1S/C21H21N3OS/c1-2-22-21(26)24-23-14-19-18-11-7-6-10-17(18)12-13-20(19)25-15-16-8-4-3-5-9-16/h3-14H,2,15H2,1H3,(H2,22,24,26)/p+1. The van der Waals surface area contributed by atoms with Crippen molar-refractivity contribution in [3.8, 4) is 5.75 Å². The average molecular weight is 364 g/mol. The molecule has 0 unspecified atom stereocenters. The summed E-state index contributed by atoms with van der Waals surface area (Å²) in [6, 6.07) is 22.4. The SMILES string of the molecule is CCNC(=S)N[NH+]=Cc1c(OCc2ccccc2)ccc2ccccc12. The first-order valence-corrected chi connectivity index (χ1v) is 9.00. The van der Waals surface area contributed by atoms with Crippen LogP contribution in [0.4, 0.5) is 0 Å². The molecule has 0 radical (unpaired) electrons. The van der Waals surface area contributed by atoms with Crippen molar-refractivity contribution in [1.82, 2.24) is 10.7 Å². The van der Waals surface area contributed by atoms with Gasteiger partial charge in [-0.25, -0.2) is 0 Å². The highest BCUT2D eigenvalue weighted by Gasteiger charge is 2.10. The Hall–Kier alpha value is -2.92. The number of ether oxygens (including phenoxy) is 1. The van der Waals surface area contributed by atoms with Gasteiger partial charge in [-0.1, -0.05) is 60.7 Å². The fourth-order valence-electron chi connectivity index (χ4n) is 2.66. The molecule has 0 aliphatic heterocycles. The summed E-state index contributed by atoms with van der Waals surface area (Å²) < 4.78 is 6.09.